The van der Waals surface area contributed by atoms with Gasteiger partial charge >= 0.3 is 0 Å². The van der Waals surface area contributed by atoms with Crippen molar-refractivity contribution >= 4 is 8.38 Å². The van der Waals surface area contributed by atoms with Crippen molar-refractivity contribution < 1.29 is 13.8 Å². The van der Waals surface area contributed by atoms with Gasteiger partial charge in [0.1, 0.15) is 12.0 Å². The summed E-state index contributed by atoms with van der Waals surface area (Å²) in [5.41, 5.74) is 2.50. The average molecular weight is 283 g/mol. The summed E-state index contributed by atoms with van der Waals surface area (Å²) >= 11 is 0. The van der Waals surface area contributed by atoms with Gasteiger partial charge in [-0.3, -0.25) is 5.32 Å². The Kier molecular flexibility index (Phi) is 5.59. The van der Waals surface area contributed by atoms with Gasteiger partial charge in [-0.2, -0.15) is 0 Å². The molecule has 1 N–H and O–H groups in total. The quantitative estimate of drug-likeness (QED) is 0.814. The predicted octanol–water partition coefficient (Wildman–Crippen LogP) is 3.22. The first-order valence-electron chi connectivity index (χ1n) is 6.75. The molecule has 0 saturated heterocycles. The number of nitrogens with one attached hydrogen (secondary N) is 1. The van der Waals surface area contributed by atoms with Crippen molar-refractivity contribution in [3.05, 3.63) is 29.3 Å². The summed E-state index contributed by atoms with van der Waals surface area (Å²) in [6, 6.07) is 6.17. The van der Waals surface area contributed by atoms with Crippen LogP contribution in [-0.4, -0.2) is 26.4 Å². The smallest absolute Gasteiger partial charge is 0.172 e. The second kappa shape index (κ2) is 7.20. The zero-order valence-electron chi connectivity index (χ0n) is 11.8. The van der Waals surface area contributed by atoms with Gasteiger partial charge in [0.15, 0.2) is 8.38 Å². The highest BCUT2D eigenvalue weighted by molar-refractivity contribution is 7.47. The third-order valence-corrected chi connectivity index (χ3v) is 4.62. The lowest BCUT2D eigenvalue weighted by atomic mass is 9.99. The normalized spacial score (nSPS) is 19.8. The Morgan fingerprint density at radius 3 is 2.89 bits per heavy atom. The first kappa shape index (κ1) is 14.7. The van der Waals surface area contributed by atoms with Crippen molar-refractivity contribution in [2.24, 2.45) is 0 Å². The van der Waals surface area contributed by atoms with Gasteiger partial charge in [-0.15, -0.1) is 0 Å². The Hall–Kier alpha value is -0.670. The molecule has 0 radical (unpaired) electrons. The predicted molar refractivity (Wildman–Crippen MR) is 77.6 cm³/mol. The monoisotopic (exact) mass is 283 g/mol. The van der Waals surface area contributed by atoms with Crippen LogP contribution in [0.15, 0.2) is 18.2 Å². The molecule has 5 heteroatoms. The molecule has 1 aliphatic rings. The van der Waals surface area contributed by atoms with Crippen molar-refractivity contribution in [3.63, 3.8) is 0 Å². The molecule has 0 spiro atoms. The average Bonchev–Trinajstić information content (AvgIpc) is 2.46. The third kappa shape index (κ3) is 3.67. The van der Waals surface area contributed by atoms with Gasteiger partial charge in [-0.05, 0) is 36.6 Å². The van der Waals surface area contributed by atoms with Crippen LogP contribution in [0.4, 0.5) is 0 Å². The van der Waals surface area contributed by atoms with Crippen molar-refractivity contribution in [2.45, 2.75) is 26.5 Å². The number of hydrogen-bond acceptors (Lipinski definition) is 4. The molecule has 1 heterocycles. The Morgan fingerprint density at radius 1 is 1.37 bits per heavy atom. The molecule has 1 aliphatic heterocycles. The molecule has 2 atom stereocenters. The van der Waals surface area contributed by atoms with E-state index in [1.54, 1.807) is 7.11 Å². The first-order valence-corrected chi connectivity index (χ1v) is 8.12. The van der Waals surface area contributed by atoms with E-state index in [4.69, 9.17) is 13.8 Å². The van der Waals surface area contributed by atoms with E-state index in [0.717, 1.165) is 24.9 Å². The third-order valence-electron chi connectivity index (χ3n) is 3.11. The molecule has 2 rings (SSSR count). The fourth-order valence-corrected chi connectivity index (χ4v) is 3.28. The summed E-state index contributed by atoms with van der Waals surface area (Å²) in [6.45, 7) is 5.71. The SMILES string of the molecule is CCOP(CC)OC1NCCc2cc(OC)ccc21. The molecule has 1 aromatic rings. The molecule has 0 fully saturated rings. The van der Waals surface area contributed by atoms with Crippen LogP contribution >= 0.6 is 8.38 Å². The lowest BCUT2D eigenvalue weighted by Gasteiger charge is -2.29. The summed E-state index contributed by atoms with van der Waals surface area (Å²) < 4.78 is 17.0. The van der Waals surface area contributed by atoms with Crippen LogP contribution in [0.25, 0.3) is 0 Å². The molecule has 1 aromatic carbocycles. The van der Waals surface area contributed by atoms with Crippen molar-refractivity contribution in [1.82, 2.24) is 5.32 Å². The first-order chi connectivity index (χ1) is 9.28. The van der Waals surface area contributed by atoms with Gasteiger partial charge < -0.3 is 13.8 Å². The molecule has 19 heavy (non-hydrogen) atoms. The zero-order chi connectivity index (χ0) is 13.7. The maximum atomic E-state index is 6.07. The molecule has 106 valence electrons. The number of ether oxygens (including phenoxy) is 1. The summed E-state index contributed by atoms with van der Waals surface area (Å²) in [5, 5.41) is 3.41. The standard InChI is InChI=1S/C14H22NO3P/c1-4-17-19(5-2)18-14-13-7-6-12(16-3)10-11(13)8-9-15-14/h6-7,10,14-15H,4-5,8-9H2,1-3H3. The van der Waals surface area contributed by atoms with Gasteiger partial charge in [0.05, 0.1) is 13.7 Å². The molecule has 0 bridgehead atoms. The maximum absolute atomic E-state index is 6.07. The van der Waals surface area contributed by atoms with Crippen LogP contribution in [0.2, 0.25) is 0 Å². The molecule has 0 aliphatic carbocycles. The van der Waals surface area contributed by atoms with Crippen LogP contribution < -0.4 is 10.1 Å². The number of methoxy groups -OCH3 is 1. The highest BCUT2D eigenvalue weighted by Crippen LogP contribution is 2.43. The van der Waals surface area contributed by atoms with Gasteiger partial charge in [-0.1, -0.05) is 13.0 Å². The second-order valence-electron chi connectivity index (χ2n) is 4.32. The summed E-state index contributed by atoms with van der Waals surface area (Å²) in [4.78, 5) is 0. The van der Waals surface area contributed by atoms with Crippen LogP contribution in [0.1, 0.15) is 31.2 Å². The van der Waals surface area contributed by atoms with Gasteiger partial charge in [-0.25, -0.2) is 0 Å². The highest BCUT2D eigenvalue weighted by Gasteiger charge is 2.24. The molecule has 2 unspecified atom stereocenters. The highest BCUT2D eigenvalue weighted by atomic mass is 31.2. The fourth-order valence-electron chi connectivity index (χ4n) is 2.18. The van der Waals surface area contributed by atoms with Crippen molar-refractivity contribution in [2.75, 3.05) is 26.4 Å². The van der Waals surface area contributed by atoms with E-state index in [0.29, 0.717) is 6.61 Å². The Balaban J connectivity index is 2.13. The number of hydrogen-bond donors (Lipinski definition) is 1. The van der Waals surface area contributed by atoms with E-state index >= 15 is 0 Å². The molecule has 0 amide bonds. The zero-order valence-corrected chi connectivity index (χ0v) is 12.7. The summed E-state index contributed by atoms with van der Waals surface area (Å²) in [5.74, 6) is 0.905. The minimum Gasteiger partial charge on any atom is -0.497 e. The fraction of sp³-hybridized carbons (Fsp3) is 0.571. The molecule has 0 saturated carbocycles. The molecular weight excluding hydrogens is 261 g/mol. The molecule has 4 nitrogen and oxygen atoms in total. The summed E-state index contributed by atoms with van der Waals surface area (Å²) in [6.07, 6.45) is 1.85. The minimum atomic E-state index is -0.811. The Labute approximate surface area is 116 Å². The molecule has 0 aromatic heterocycles. The summed E-state index contributed by atoms with van der Waals surface area (Å²) in [7, 11) is 0.886. The largest absolute Gasteiger partial charge is 0.497 e. The van der Waals surface area contributed by atoms with Crippen molar-refractivity contribution in [1.29, 1.82) is 0 Å². The molecular formula is C14H22NO3P. The lowest BCUT2D eigenvalue weighted by molar-refractivity contribution is 0.146. The van der Waals surface area contributed by atoms with Crippen LogP contribution in [0.3, 0.4) is 0 Å². The van der Waals surface area contributed by atoms with Crippen LogP contribution in [0.5, 0.6) is 5.75 Å². The van der Waals surface area contributed by atoms with E-state index in [-0.39, 0.29) is 6.23 Å². The van der Waals surface area contributed by atoms with Gasteiger partial charge in [0.2, 0.25) is 0 Å². The van der Waals surface area contributed by atoms with E-state index in [1.165, 1.54) is 11.1 Å². The van der Waals surface area contributed by atoms with E-state index in [9.17, 15) is 0 Å². The topological polar surface area (TPSA) is 39.7 Å². The number of fused-ring (bicyclic) bond motifs is 1. The minimum absolute atomic E-state index is 0.0627. The lowest BCUT2D eigenvalue weighted by Crippen LogP contribution is -2.31. The Morgan fingerprint density at radius 2 is 2.21 bits per heavy atom. The van der Waals surface area contributed by atoms with E-state index in [2.05, 4.69) is 24.4 Å². The van der Waals surface area contributed by atoms with E-state index in [1.807, 2.05) is 13.0 Å². The number of benzene rings is 1. The number of rotatable bonds is 6. The van der Waals surface area contributed by atoms with Crippen LogP contribution in [-0.2, 0) is 15.5 Å². The van der Waals surface area contributed by atoms with E-state index < -0.39 is 8.38 Å². The Bertz CT molecular complexity index is 414. The van der Waals surface area contributed by atoms with Crippen molar-refractivity contribution in [3.8, 4) is 5.75 Å². The maximum Gasteiger partial charge on any atom is 0.172 e. The van der Waals surface area contributed by atoms with Gasteiger partial charge in [0.25, 0.3) is 0 Å². The van der Waals surface area contributed by atoms with Crippen LogP contribution in [0, 0.1) is 0 Å². The van der Waals surface area contributed by atoms with Gasteiger partial charge in [0, 0.05) is 12.7 Å². The second-order valence-corrected chi connectivity index (χ2v) is 6.09.